The third kappa shape index (κ3) is 4.58. The predicted octanol–water partition coefficient (Wildman–Crippen LogP) is 3.64. The van der Waals surface area contributed by atoms with Gasteiger partial charge in [0.1, 0.15) is 0 Å². The number of alkyl halides is 1. The summed E-state index contributed by atoms with van der Waals surface area (Å²) in [6.45, 7) is 4.21. The topological polar surface area (TPSA) is 12.0 Å². The third-order valence-corrected chi connectivity index (χ3v) is 2.56. The monoisotopic (exact) mass is 221 g/mol. The highest BCUT2D eigenvalue weighted by Crippen LogP contribution is 2.18. The Morgan fingerprint density at radius 1 is 1.31 bits per heavy atom. The molecule has 0 saturated heterocycles. The standard InChI is InChI=1S/C14H20FN/c1-2-3-10-14(16-12-7-11-15)13-8-5-4-6-9-13/h2,4-6,8-9,14,16H,1,3,7,10-12H2. The second-order valence-corrected chi connectivity index (χ2v) is 3.83. The Morgan fingerprint density at radius 2 is 2.06 bits per heavy atom. The lowest BCUT2D eigenvalue weighted by atomic mass is 10.0. The molecule has 1 atom stereocenters. The van der Waals surface area contributed by atoms with Gasteiger partial charge in [0.2, 0.25) is 0 Å². The van der Waals surface area contributed by atoms with Crippen LogP contribution in [0.15, 0.2) is 43.0 Å². The lowest BCUT2D eigenvalue weighted by Gasteiger charge is -2.18. The SMILES string of the molecule is C=CCCC(NCCCF)c1ccccc1. The number of nitrogens with one attached hydrogen (secondary N) is 1. The van der Waals surface area contributed by atoms with E-state index in [1.54, 1.807) is 0 Å². The van der Waals surface area contributed by atoms with E-state index >= 15 is 0 Å². The molecular formula is C14H20FN. The van der Waals surface area contributed by atoms with Crippen molar-refractivity contribution in [2.75, 3.05) is 13.2 Å². The highest BCUT2D eigenvalue weighted by atomic mass is 19.1. The van der Waals surface area contributed by atoms with Gasteiger partial charge in [0.05, 0.1) is 6.67 Å². The van der Waals surface area contributed by atoms with Crippen LogP contribution in [-0.2, 0) is 0 Å². The summed E-state index contributed by atoms with van der Waals surface area (Å²) in [6.07, 6.45) is 4.49. The molecule has 0 fully saturated rings. The van der Waals surface area contributed by atoms with E-state index in [4.69, 9.17) is 0 Å². The number of allylic oxidation sites excluding steroid dienone is 1. The van der Waals surface area contributed by atoms with Crippen LogP contribution in [0.4, 0.5) is 4.39 Å². The second-order valence-electron chi connectivity index (χ2n) is 3.83. The van der Waals surface area contributed by atoms with E-state index in [2.05, 4.69) is 24.0 Å². The van der Waals surface area contributed by atoms with Crippen molar-refractivity contribution in [1.82, 2.24) is 5.32 Å². The summed E-state index contributed by atoms with van der Waals surface area (Å²) in [5, 5.41) is 3.38. The second kappa shape index (κ2) is 8.05. The Morgan fingerprint density at radius 3 is 2.69 bits per heavy atom. The van der Waals surface area contributed by atoms with Crippen molar-refractivity contribution in [1.29, 1.82) is 0 Å². The summed E-state index contributed by atoms with van der Waals surface area (Å²) in [7, 11) is 0. The molecule has 1 rings (SSSR count). The van der Waals surface area contributed by atoms with Crippen LogP contribution in [-0.4, -0.2) is 13.2 Å². The van der Waals surface area contributed by atoms with Crippen LogP contribution in [0, 0.1) is 0 Å². The van der Waals surface area contributed by atoms with Crippen LogP contribution >= 0.6 is 0 Å². The first-order valence-electron chi connectivity index (χ1n) is 5.83. The van der Waals surface area contributed by atoms with E-state index in [9.17, 15) is 4.39 Å². The Balaban J connectivity index is 2.52. The molecule has 1 aromatic rings. The minimum atomic E-state index is -0.254. The van der Waals surface area contributed by atoms with Gasteiger partial charge in [-0.2, -0.15) is 0 Å². The molecule has 1 aromatic carbocycles. The van der Waals surface area contributed by atoms with Gasteiger partial charge in [-0.1, -0.05) is 36.4 Å². The van der Waals surface area contributed by atoms with E-state index in [0.29, 0.717) is 12.5 Å². The largest absolute Gasteiger partial charge is 0.310 e. The van der Waals surface area contributed by atoms with Crippen molar-refractivity contribution >= 4 is 0 Å². The van der Waals surface area contributed by atoms with Gasteiger partial charge in [-0.3, -0.25) is 4.39 Å². The molecular weight excluding hydrogens is 201 g/mol. The quantitative estimate of drug-likeness (QED) is 0.522. The van der Waals surface area contributed by atoms with Crippen molar-refractivity contribution in [3.63, 3.8) is 0 Å². The summed E-state index contributed by atoms with van der Waals surface area (Å²) in [5.41, 5.74) is 1.27. The number of rotatable bonds is 8. The van der Waals surface area contributed by atoms with Gasteiger partial charge < -0.3 is 5.32 Å². The van der Waals surface area contributed by atoms with Crippen LogP contribution < -0.4 is 5.32 Å². The van der Waals surface area contributed by atoms with Gasteiger partial charge in [0.25, 0.3) is 0 Å². The fourth-order valence-electron chi connectivity index (χ4n) is 1.70. The average Bonchev–Trinajstić information content (AvgIpc) is 2.35. The molecule has 0 spiro atoms. The van der Waals surface area contributed by atoms with E-state index in [0.717, 1.165) is 19.4 Å². The maximum absolute atomic E-state index is 12.0. The molecule has 0 aliphatic rings. The van der Waals surface area contributed by atoms with Gasteiger partial charge >= 0.3 is 0 Å². The molecule has 0 aromatic heterocycles. The normalized spacial score (nSPS) is 12.3. The van der Waals surface area contributed by atoms with Crippen molar-refractivity contribution in [3.05, 3.63) is 48.6 Å². The van der Waals surface area contributed by atoms with E-state index < -0.39 is 0 Å². The van der Waals surface area contributed by atoms with Gasteiger partial charge in [0.15, 0.2) is 0 Å². The first-order chi connectivity index (χ1) is 7.88. The fraction of sp³-hybridized carbons (Fsp3) is 0.429. The van der Waals surface area contributed by atoms with Gasteiger partial charge in [0, 0.05) is 6.04 Å². The first kappa shape index (κ1) is 12.9. The highest BCUT2D eigenvalue weighted by molar-refractivity contribution is 5.18. The number of halogens is 1. The van der Waals surface area contributed by atoms with Crippen molar-refractivity contribution in [2.24, 2.45) is 0 Å². The summed E-state index contributed by atoms with van der Waals surface area (Å²) in [6, 6.07) is 10.6. The molecule has 1 nitrogen and oxygen atoms in total. The Bertz CT molecular complexity index is 284. The molecule has 2 heteroatoms. The van der Waals surface area contributed by atoms with E-state index in [1.807, 2.05) is 24.3 Å². The van der Waals surface area contributed by atoms with Crippen LogP contribution in [0.5, 0.6) is 0 Å². The molecule has 0 aliphatic carbocycles. The van der Waals surface area contributed by atoms with Crippen LogP contribution in [0.2, 0.25) is 0 Å². The van der Waals surface area contributed by atoms with Gasteiger partial charge in [-0.25, -0.2) is 0 Å². The molecule has 0 aliphatic heterocycles. The minimum Gasteiger partial charge on any atom is -0.310 e. The van der Waals surface area contributed by atoms with Gasteiger partial charge in [-0.15, -0.1) is 6.58 Å². The minimum absolute atomic E-state index is 0.254. The predicted molar refractivity (Wildman–Crippen MR) is 67.2 cm³/mol. The number of benzene rings is 1. The Kier molecular flexibility index (Phi) is 6.50. The molecule has 1 N–H and O–H groups in total. The summed E-state index contributed by atoms with van der Waals surface area (Å²) in [5.74, 6) is 0. The lowest BCUT2D eigenvalue weighted by molar-refractivity contribution is 0.431. The zero-order valence-corrected chi connectivity index (χ0v) is 9.66. The van der Waals surface area contributed by atoms with Crippen molar-refractivity contribution in [2.45, 2.75) is 25.3 Å². The van der Waals surface area contributed by atoms with Crippen LogP contribution in [0.25, 0.3) is 0 Å². The first-order valence-corrected chi connectivity index (χ1v) is 5.83. The summed E-state index contributed by atoms with van der Waals surface area (Å²) in [4.78, 5) is 0. The Hall–Kier alpha value is -1.15. The van der Waals surface area contributed by atoms with Crippen molar-refractivity contribution < 1.29 is 4.39 Å². The zero-order chi connectivity index (χ0) is 11.6. The molecule has 0 radical (unpaired) electrons. The summed E-state index contributed by atoms with van der Waals surface area (Å²) < 4.78 is 12.0. The number of hydrogen-bond donors (Lipinski definition) is 1. The van der Waals surface area contributed by atoms with Crippen LogP contribution in [0.3, 0.4) is 0 Å². The molecule has 1 unspecified atom stereocenters. The maximum Gasteiger partial charge on any atom is 0.0906 e. The summed E-state index contributed by atoms with van der Waals surface area (Å²) >= 11 is 0. The smallest absolute Gasteiger partial charge is 0.0906 e. The molecule has 88 valence electrons. The van der Waals surface area contributed by atoms with E-state index in [1.165, 1.54) is 5.56 Å². The maximum atomic E-state index is 12.0. The third-order valence-electron chi connectivity index (χ3n) is 2.56. The molecule has 16 heavy (non-hydrogen) atoms. The van der Waals surface area contributed by atoms with Crippen molar-refractivity contribution in [3.8, 4) is 0 Å². The number of hydrogen-bond acceptors (Lipinski definition) is 1. The average molecular weight is 221 g/mol. The molecule has 0 saturated carbocycles. The Labute approximate surface area is 97.4 Å². The van der Waals surface area contributed by atoms with Crippen LogP contribution in [0.1, 0.15) is 30.9 Å². The molecule has 0 heterocycles. The fourth-order valence-corrected chi connectivity index (χ4v) is 1.70. The van der Waals surface area contributed by atoms with E-state index in [-0.39, 0.29) is 6.67 Å². The molecule has 0 bridgehead atoms. The van der Waals surface area contributed by atoms with Gasteiger partial charge in [-0.05, 0) is 31.4 Å². The lowest BCUT2D eigenvalue weighted by Crippen LogP contribution is -2.22. The zero-order valence-electron chi connectivity index (χ0n) is 9.66. The highest BCUT2D eigenvalue weighted by Gasteiger charge is 2.08. The molecule has 0 amide bonds.